The molecule has 0 unspecified atom stereocenters. The second kappa shape index (κ2) is 6.12. The van der Waals surface area contributed by atoms with Crippen LogP contribution in [0.2, 0.25) is 0 Å². The number of aromatic nitrogens is 3. The Morgan fingerprint density at radius 2 is 2.36 bits per heavy atom. The Morgan fingerprint density at radius 1 is 1.50 bits per heavy atom. The van der Waals surface area contributed by atoms with Gasteiger partial charge in [-0.05, 0) is 6.07 Å². The Kier molecular flexibility index (Phi) is 4.02. The van der Waals surface area contributed by atoms with Crippen LogP contribution >= 0.6 is 23.1 Å². The van der Waals surface area contributed by atoms with Crippen LogP contribution < -0.4 is 5.32 Å². The Bertz CT molecular complexity index is 831. The van der Waals surface area contributed by atoms with Crippen molar-refractivity contribution in [1.29, 1.82) is 0 Å². The first kappa shape index (κ1) is 14.5. The van der Waals surface area contributed by atoms with Crippen molar-refractivity contribution in [2.24, 2.45) is 0 Å². The van der Waals surface area contributed by atoms with E-state index in [4.69, 9.17) is 0 Å². The normalized spacial score (nSPS) is 10.7. The lowest BCUT2D eigenvalue weighted by molar-refractivity contribution is -0.384. The molecule has 0 aliphatic carbocycles. The minimum Gasteiger partial charge on any atom is -0.333 e. The van der Waals surface area contributed by atoms with Gasteiger partial charge in [0.15, 0.2) is 10.3 Å². The Hall–Kier alpha value is -2.46. The third-order valence-electron chi connectivity index (χ3n) is 2.67. The highest BCUT2D eigenvalue weighted by atomic mass is 32.2. The number of carbonyl (C=O) groups is 1. The van der Waals surface area contributed by atoms with Crippen LogP contribution in [0.15, 0.2) is 34.9 Å². The first-order valence-corrected chi connectivity index (χ1v) is 7.94. The minimum absolute atomic E-state index is 0.00536. The number of non-ortho nitro benzene ring substituents is 1. The summed E-state index contributed by atoms with van der Waals surface area (Å²) in [6, 6.07) is 4.39. The molecule has 10 heteroatoms. The second-order valence-corrected chi connectivity index (χ2v) is 6.03. The number of rotatable bonds is 5. The van der Waals surface area contributed by atoms with Crippen LogP contribution in [-0.4, -0.2) is 31.5 Å². The highest BCUT2D eigenvalue weighted by Crippen LogP contribution is 2.23. The minimum atomic E-state index is -0.464. The van der Waals surface area contributed by atoms with E-state index in [-0.39, 0.29) is 17.3 Å². The Labute approximate surface area is 132 Å². The zero-order valence-electron chi connectivity index (χ0n) is 11.0. The number of benzene rings is 1. The largest absolute Gasteiger partial charge is 0.333 e. The molecule has 0 bridgehead atoms. The molecule has 2 heterocycles. The molecule has 0 radical (unpaired) electrons. The summed E-state index contributed by atoms with van der Waals surface area (Å²) in [4.78, 5) is 33.2. The van der Waals surface area contributed by atoms with Gasteiger partial charge in [-0.15, -0.1) is 11.3 Å². The number of anilines is 1. The Morgan fingerprint density at radius 3 is 3.09 bits per heavy atom. The maximum absolute atomic E-state index is 11.7. The summed E-state index contributed by atoms with van der Waals surface area (Å²) in [6.07, 6.45) is 1.61. The number of thioether (sulfide) groups is 1. The molecule has 0 aliphatic rings. The number of amides is 1. The molecule has 1 aromatic carbocycles. The fourth-order valence-corrected chi connectivity index (χ4v) is 2.96. The molecule has 0 atom stereocenters. The standard InChI is InChI=1S/C12H9N5O3S2/c18-10(16-11-13-3-4-21-11)6-22-12-14-8-2-1-7(17(19)20)5-9(8)15-12/h1-5H,6H2,(H,14,15)(H,13,16,18). The number of hydrogen-bond donors (Lipinski definition) is 2. The first-order valence-electron chi connectivity index (χ1n) is 6.08. The van der Waals surface area contributed by atoms with Gasteiger partial charge in [-0.25, -0.2) is 9.97 Å². The van der Waals surface area contributed by atoms with E-state index in [0.29, 0.717) is 21.3 Å². The molecule has 0 aliphatic heterocycles. The van der Waals surface area contributed by atoms with Crippen molar-refractivity contribution in [3.63, 3.8) is 0 Å². The number of fused-ring (bicyclic) bond motifs is 1. The van der Waals surface area contributed by atoms with E-state index in [1.165, 1.54) is 35.2 Å². The van der Waals surface area contributed by atoms with Crippen molar-refractivity contribution in [1.82, 2.24) is 15.0 Å². The van der Waals surface area contributed by atoms with Gasteiger partial charge >= 0.3 is 0 Å². The molecule has 0 fully saturated rings. The third kappa shape index (κ3) is 3.23. The predicted octanol–water partition coefficient (Wildman–Crippen LogP) is 2.66. The molecular weight excluding hydrogens is 326 g/mol. The summed E-state index contributed by atoms with van der Waals surface area (Å²) in [5, 5.41) is 16.2. The van der Waals surface area contributed by atoms with E-state index in [0.717, 1.165) is 0 Å². The van der Waals surface area contributed by atoms with E-state index < -0.39 is 4.92 Å². The maximum Gasteiger partial charge on any atom is 0.271 e. The summed E-state index contributed by atoms with van der Waals surface area (Å²) in [5.74, 6) is -0.0204. The molecule has 1 amide bonds. The lowest BCUT2D eigenvalue weighted by Gasteiger charge is -1.99. The zero-order chi connectivity index (χ0) is 15.5. The SMILES string of the molecule is O=C(CSc1nc2ccc([N+](=O)[O-])cc2[nH]1)Nc1nccs1. The van der Waals surface area contributed by atoms with Crippen LogP contribution in [0.25, 0.3) is 11.0 Å². The molecule has 0 saturated heterocycles. The maximum atomic E-state index is 11.7. The van der Waals surface area contributed by atoms with Crippen molar-refractivity contribution in [2.75, 3.05) is 11.1 Å². The molecular formula is C12H9N5O3S2. The van der Waals surface area contributed by atoms with Gasteiger partial charge < -0.3 is 10.3 Å². The van der Waals surface area contributed by atoms with Crippen LogP contribution in [0.3, 0.4) is 0 Å². The number of hydrogen-bond acceptors (Lipinski definition) is 7. The van der Waals surface area contributed by atoms with Gasteiger partial charge in [-0.2, -0.15) is 0 Å². The number of imidazole rings is 1. The van der Waals surface area contributed by atoms with Gasteiger partial charge in [0, 0.05) is 23.7 Å². The van der Waals surface area contributed by atoms with Crippen LogP contribution in [0.4, 0.5) is 10.8 Å². The molecule has 0 saturated carbocycles. The molecule has 3 aromatic rings. The van der Waals surface area contributed by atoms with E-state index in [2.05, 4.69) is 20.3 Å². The number of aromatic amines is 1. The third-order valence-corrected chi connectivity index (χ3v) is 4.24. The fourth-order valence-electron chi connectivity index (χ4n) is 1.73. The summed E-state index contributed by atoms with van der Waals surface area (Å²) < 4.78 is 0. The molecule has 22 heavy (non-hydrogen) atoms. The first-order chi connectivity index (χ1) is 10.6. The summed E-state index contributed by atoms with van der Waals surface area (Å²) in [5.41, 5.74) is 1.18. The quantitative estimate of drug-likeness (QED) is 0.421. The molecule has 0 spiro atoms. The van der Waals surface area contributed by atoms with Crippen molar-refractivity contribution in [3.05, 3.63) is 39.9 Å². The molecule has 2 N–H and O–H groups in total. The van der Waals surface area contributed by atoms with Gasteiger partial charge in [0.25, 0.3) is 5.69 Å². The van der Waals surface area contributed by atoms with Crippen molar-refractivity contribution >= 4 is 50.9 Å². The van der Waals surface area contributed by atoms with Crippen LogP contribution in [0.5, 0.6) is 0 Å². The predicted molar refractivity (Wildman–Crippen MR) is 84.2 cm³/mol. The topological polar surface area (TPSA) is 114 Å². The van der Waals surface area contributed by atoms with E-state index in [1.807, 2.05) is 0 Å². The number of nitro groups is 1. The monoisotopic (exact) mass is 335 g/mol. The number of nitrogens with one attached hydrogen (secondary N) is 2. The number of nitrogens with zero attached hydrogens (tertiary/aromatic N) is 3. The lowest BCUT2D eigenvalue weighted by atomic mass is 10.3. The van der Waals surface area contributed by atoms with Gasteiger partial charge in [0.1, 0.15) is 0 Å². The van der Waals surface area contributed by atoms with Gasteiger partial charge in [0.05, 0.1) is 21.7 Å². The number of thiazole rings is 1. The van der Waals surface area contributed by atoms with Crippen LogP contribution in [0.1, 0.15) is 0 Å². The smallest absolute Gasteiger partial charge is 0.271 e. The Balaban J connectivity index is 1.66. The average Bonchev–Trinajstić information content (AvgIpc) is 3.12. The zero-order valence-corrected chi connectivity index (χ0v) is 12.6. The van der Waals surface area contributed by atoms with Crippen molar-refractivity contribution in [3.8, 4) is 0 Å². The highest BCUT2D eigenvalue weighted by molar-refractivity contribution is 7.99. The molecule has 3 rings (SSSR count). The molecule has 8 nitrogen and oxygen atoms in total. The van der Waals surface area contributed by atoms with E-state index >= 15 is 0 Å². The van der Waals surface area contributed by atoms with E-state index in [9.17, 15) is 14.9 Å². The highest BCUT2D eigenvalue weighted by Gasteiger charge is 2.11. The van der Waals surface area contributed by atoms with Crippen molar-refractivity contribution < 1.29 is 9.72 Å². The average molecular weight is 335 g/mol. The molecule has 2 aromatic heterocycles. The van der Waals surface area contributed by atoms with Crippen LogP contribution in [0, 0.1) is 10.1 Å². The summed E-state index contributed by atoms with van der Waals surface area (Å²) in [6.45, 7) is 0. The van der Waals surface area contributed by atoms with Crippen LogP contribution in [-0.2, 0) is 4.79 Å². The summed E-state index contributed by atoms with van der Waals surface area (Å²) in [7, 11) is 0. The number of carbonyl (C=O) groups excluding carboxylic acids is 1. The number of nitro benzene ring substituents is 1. The number of H-pyrrole nitrogens is 1. The summed E-state index contributed by atoms with van der Waals surface area (Å²) >= 11 is 2.56. The van der Waals surface area contributed by atoms with Gasteiger partial charge in [-0.1, -0.05) is 11.8 Å². The fraction of sp³-hybridized carbons (Fsp3) is 0.0833. The van der Waals surface area contributed by atoms with Gasteiger partial charge in [-0.3, -0.25) is 14.9 Å². The van der Waals surface area contributed by atoms with E-state index in [1.54, 1.807) is 17.6 Å². The van der Waals surface area contributed by atoms with Crippen molar-refractivity contribution in [2.45, 2.75) is 5.16 Å². The molecule has 112 valence electrons. The lowest BCUT2D eigenvalue weighted by Crippen LogP contribution is -2.13. The second-order valence-electron chi connectivity index (χ2n) is 4.17. The van der Waals surface area contributed by atoms with Gasteiger partial charge in [0.2, 0.25) is 5.91 Å².